The molecule has 0 aromatic heterocycles. The van der Waals surface area contributed by atoms with Gasteiger partial charge in [0.05, 0.1) is 0 Å². The maximum absolute atomic E-state index is 3.87. The van der Waals surface area contributed by atoms with Crippen LogP contribution in [-0.2, 0) is 0 Å². The van der Waals surface area contributed by atoms with E-state index in [1.165, 1.54) is 83.5 Å². The van der Waals surface area contributed by atoms with E-state index < -0.39 is 0 Å². The Bertz CT molecular complexity index is 98.1. The molecule has 0 aromatic carbocycles. The average molecular weight is 312 g/mol. The Morgan fingerprint density at radius 3 is 1.12 bits per heavy atom. The Labute approximate surface area is 160 Å². The first-order chi connectivity index (χ1) is 7.91. The number of hydrogen-bond donors (Lipinski definition) is 0. The van der Waals surface area contributed by atoms with E-state index in [0.717, 1.165) is 6.42 Å². The van der Waals surface area contributed by atoms with Crippen LogP contribution in [0.1, 0.15) is 96.8 Å². The van der Waals surface area contributed by atoms with E-state index in [2.05, 4.69) is 13.8 Å². The van der Waals surface area contributed by atoms with Gasteiger partial charge in [-0.05, 0) is 0 Å². The van der Waals surface area contributed by atoms with E-state index in [0.29, 0.717) is 0 Å². The van der Waals surface area contributed by atoms with Crippen LogP contribution in [0.4, 0.5) is 0 Å². The van der Waals surface area contributed by atoms with Crippen molar-refractivity contribution in [2.75, 3.05) is 0 Å². The molecule has 0 heterocycles. The molecule has 0 N–H and O–H groups in total. The number of hydrogen-bond acceptors (Lipinski definition) is 0. The Morgan fingerprint density at radius 1 is 0.529 bits per heavy atom. The molecular weight excluding hydrogens is 278 g/mol. The van der Waals surface area contributed by atoms with E-state index >= 15 is 0 Å². The quantitative estimate of drug-likeness (QED) is 0.385. The zero-order valence-electron chi connectivity index (χ0n) is 11.6. The molecule has 0 fully saturated rings. The van der Waals surface area contributed by atoms with Gasteiger partial charge in [-0.3, -0.25) is 0 Å². The molecule has 0 atom stereocenters. The van der Waals surface area contributed by atoms with Gasteiger partial charge in [-0.15, -0.1) is 0 Å². The summed E-state index contributed by atoms with van der Waals surface area (Å²) in [6.07, 6.45) is 19.8. The van der Waals surface area contributed by atoms with Crippen molar-refractivity contribution in [1.29, 1.82) is 0 Å². The van der Waals surface area contributed by atoms with Crippen molar-refractivity contribution in [1.82, 2.24) is 0 Å². The van der Waals surface area contributed by atoms with Crippen LogP contribution in [0.2, 0.25) is 0 Å². The summed E-state index contributed by atoms with van der Waals surface area (Å²) >= 11 is 0. The summed E-state index contributed by atoms with van der Waals surface area (Å²) in [6.45, 7) is 6.16. The maximum atomic E-state index is 3.87. The van der Waals surface area contributed by atoms with Crippen molar-refractivity contribution in [3.63, 3.8) is 0 Å². The van der Waals surface area contributed by atoms with Gasteiger partial charge in [-0.25, -0.2) is 0 Å². The summed E-state index contributed by atoms with van der Waals surface area (Å²) in [4.78, 5) is 0. The van der Waals surface area contributed by atoms with E-state index in [-0.39, 0.29) is 58.2 Å². The fourth-order valence-electron chi connectivity index (χ4n) is 2.19. The van der Waals surface area contributed by atoms with Crippen LogP contribution in [0.3, 0.4) is 0 Å². The second-order valence-corrected chi connectivity index (χ2v) is 5.10. The monoisotopic (exact) mass is 311 g/mol. The summed E-state index contributed by atoms with van der Waals surface area (Å²) in [6, 6.07) is 0. The van der Waals surface area contributed by atoms with Gasteiger partial charge in [0.15, 0.2) is 0 Å². The minimum absolute atomic E-state index is 0. The molecule has 17 heavy (non-hydrogen) atoms. The van der Waals surface area contributed by atoms with Gasteiger partial charge in [0.25, 0.3) is 0 Å². The normalized spacial score (nSPS) is 10.2. The summed E-state index contributed by atoms with van der Waals surface area (Å²) in [5.41, 5.74) is 0. The van der Waals surface area contributed by atoms with Crippen LogP contribution >= 0.6 is 0 Å². The van der Waals surface area contributed by atoms with Gasteiger partial charge in [0.1, 0.15) is 0 Å². The third-order valence-electron chi connectivity index (χ3n) is 3.35. The molecule has 1 radical (unpaired) electrons. The minimum atomic E-state index is 0. The van der Waals surface area contributed by atoms with Crippen LogP contribution in [0.5, 0.6) is 0 Å². The molecule has 0 rings (SSSR count). The standard InChI is InChI=1S/C16H33.Rb.H/c1-3-5-7-9-11-13-15-16-14-12-10-8-6-4-2;;/h1,3-16H2,2H3;;. The summed E-state index contributed by atoms with van der Waals surface area (Å²) < 4.78 is 0. The van der Waals surface area contributed by atoms with Crippen molar-refractivity contribution in [2.45, 2.75) is 96.8 Å². The fourth-order valence-corrected chi connectivity index (χ4v) is 2.19. The SMILES string of the molecule is [CH2]CCCCCCCCCCCCCCC.[RbH]. The molecule has 0 saturated heterocycles. The van der Waals surface area contributed by atoms with Crippen molar-refractivity contribution < 1.29 is 0 Å². The van der Waals surface area contributed by atoms with Gasteiger partial charge < -0.3 is 0 Å². The molecule has 99 valence electrons. The molecule has 0 aliphatic rings. The predicted molar refractivity (Wildman–Crippen MR) is 82.8 cm³/mol. The molecule has 0 amide bonds. The van der Waals surface area contributed by atoms with Crippen molar-refractivity contribution in [3.05, 3.63) is 6.92 Å². The Kier molecular flexibility index (Phi) is 25.0. The predicted octanol–water partition coefficient (Wildman–Crippen LogP) is 5.65. The van der Waals surface area contributed by atoms with Crippen LogP contribution in [0.25, 0.3) is 0 Å². The van der Waals surface area contributed by atoms with E-state index in [4.69, 9.17) is 0 Å². The topological polar surface area (TPSA) is 0 Å². The summed E-state index contributed by atoms with van der Waals surface area (Å²) in [5.74, 6) is 0. The van der Waals surface area contributed by atoms with E-state index in [1.54, 1.807) is 0 Å². The van der Waals surface area contributed by atoms with Crippen LogP contribution in [-0.4, -0.2) is 58.2 Å². The van der Waals surface area contributed by atoms with Crippen molar-refractivity contribution in [3.8, 4) is 0 Å². The van der Waals surface area contributed by atoms with Gasteiger partial charge in [0, 0.05) is 0 Å². The molecule has 0 aliphatic carbocycles. The van der Waals surface area contributed by atoms with Crippen LogP contribution in [0, 0.1) is 6.92 Å². The summed E-state index contributed by atoms with van der Waals surface area (Å²) in [5, 5.41) is 0. The first-order valence-corrected chi connectivity index (χ1v) is 7.71. The molecule has 0 aliphatic heterocycles. The fraction of sp³-hybridized carbons (Fsp3) is 0.938. The Balaban J connectivity index is 0. The molecule has 1 heteroatoms. The molecule has 0 unspecified atom stereocenters. The zero-order chi connectivity index (χ0) is 11.9. The molecule has 0 saturated carbocycles. The van der Waals surface area contributed by atoms with Gasteiger partial charge >= 0.3 is 58.2 Å². The molecule has 0 aromatic rings. The van der Waals surface area contributed by atoms with Gasteiger partial charge in [-0.2, -0.15) is 0 Å². The third kappa shape index (κ3) is 20.3. The summed E-state index contributed by atoms with van der Waals surface area (Å²) in [7, 11) is 0. The first-order valence-electron chi connectivity index (χ1n) is 7.71. The average Bonchev–Trinajstić information content (AvgIpc) is 2.31. The number of rotatable bonds is 13. The molecular formula is C16H34Rb. The van der Waals surface area contributed by atoms with E-state index in [9.17, 15) is 0 Å². The van der Waals surface area contributed by atoms with Crippen LogP contribution in [0.15, 0.2) is 0 Å². The molecule has 0 bridgehead atoms. The zero-order valence-corrected chi connectivity index (χ0v) is 11.6. The Morgan fingerprint density at radius 2 is 0.824 bits per heavy atom. The van der Waals surface area contributed by atoms with Gasteiger partial charge in [-0.1, -0.05) is 104 Å². The number of unbranched alkanes of at least 4 members (excludes halogenated alkanes) is 13. The molecule has 0 nitrogen and oxygen atoms in total. The van der Waals surface area contributed by atoms with Gasteiger partial charge in [0.2, 0.25) is 0 Å². The van der Waals surface area contributed by atoms with Crippen LogP contribution < -0.4 is 0 Å². The van der Waals surface area contributed by atoms with E-state index in [1.807, 2.05) is 0 Å². The second kappa shape index (κ2) is 20.1. The Hall–Kier alpha value is 1.81. The molecule has 0 spiro atoms. The first kappa shape index (κ1) is 21.1. The second-order valence-electron chi connectivity index (χ2n) is 5.10. The van der Waals surface area contributed by atoms with Crippen molar-refractivity contribution >= 4 is 58.2 Å². The van der Waals surface area contributed by atoms with Crippen molar-refractivity contribution in [2.24, 2.45) is 0 Å². The third-order valence-corrected chi connectivity index (χ3v) is 3.35.